The number of furan rings is 1. The van der Waals surface area contributed by atoms with Gasteiger partial charge in [0.1, 0.15) is 5.56 Å². The first-order valence-electron chi connectivity index (χ1n) is 8.51. The summed E-state index contributed by atoms with van der Waals surface area (Å²) in [5, 5.41) is 0.391. The zero-order valence-corrected chi connectivity index (χ0v) is 17.2. The van der Waals surface area contributed by atoms with Gasteiger partial charge < -0.3 is 13.9 Å². The summed E-state index contributed by atoms with van der Waals surface area (Å²) in [6.45, 7) is -0.339. The number of anilines is 1. The largest absolute Gasteiger partial charge is 0.465 e. The molecule has 30 heavy (non-hydrogen) atoms. The van der Waals surface area contributed by atoms with Gasteiger partial charge in [-0.05, 0) is 42.5 Å². The highest BCUT2D eigenvalue weighted by atomic mass is 35.5. The van der Waals surface area contributed by atoms with Gasteiger partial charge in [0.05, 0.1) is 29.5 Å². The maximum Gasteiger partial charge on any atom is 0.341 e. The van der Waals surface area contributed by atoms with E-state index in [1.165, 1.54) is 55.8 Å². The summed E-state index contributed by atoms with van der Waals surface area (Å²) in [5.74, 6) is -1.34. The molecule has 0 saturated heterocycles. The van der Waals surface area contributed by atoms with Gasteiger partial charge in [-0.25, -0.2) is 18.0 Å². The topological polar surface area (TPSA) is 112 Å². The second kappa shape index (κ2) is 9.02. The molecule has 1 aromatic heterocycles. The molecule has 156 valence electrons. The smallest absolute Gasteiger partial charge is 0.341 e. The Morgan fingerprint density at radius 2 is 1.70 bits per heavy atom. The third-order valence-corrected chi connectivity index (χ3v) is 5.63. The molecule has 0 saturated carbocycles. The molecule has 0 aliphatic carbocycles. The maximum atomic E-state index is 12.6. The maximum absolute atomic E-state index is 12.6. The minimum Gasteiger partial charge on any atom is -0.465 e. The first-order chi connectivity index (χ1) is 14.3. The minimum absolute atomic E-state index is 0.0128. The summed E-state index contributed by atoms with van der Waals surface area (Å²) < 4.78 is 42.6. The van der Waals surface area contributed by atoms with Crippen molar-refractivity contribution >= 4 is 39.3 Å². The predicted molar refractivity (Wildman–Crippen MR) is 108 cm³/mol. The van der Waals surface area contributed by atoms with Gasteiger partial charge in [0, 0.05) is 5.02 Å². The highest BCUT2D eigenvalue weighted by molar-refractivity contribution is 7.92. The Labute approximate surface area is 177 Å². The van der Waals surface area contributed by atoms with Gasteiger partial charge in [-0.1, -0.05) is 23.7 Å². The molecule has 10 heteroatoms. The van der Waals surface area contributed by atoms with Gasteiger partial charge in [0.15, 0.2) is 12.4 Å². The number of methoxy groups -OCH3 is 1. The number of halogens is 1. The van der Waals surface area contributed by atoms with Crippen LogP contribution in [0.4, 0.5) is 5.69 Å². The van der Waals surface area contributed by atoms with Gasteiger partial charge in [-0.15, -0.1) is 0 Å². The Kier molecular flexibility index (Phi) is 6.43. The highest BCUT2D eigenvalue weighted by Gasteiger charge is 2.21. The number of ether oxygens (including phenoxy) is 2. The number of rotatable bonds is 7. The normalized spacial score (nSPS) is 11.0. The van der Waals surface area contributed by atoms with Crippen molar-refractivity contribution in [3.8, 4) is 0 Å². The van der Waals surface area contributed by atoms with Crippen molar-refractivity contribution in [2.24, 2.45) is 0 Å². The second-order valence-corrected chi connectivity index (χ2v) is 8.05. The molecule has 0 fully saturated rings. The Morgan fingerprint density at radius 1 is 1.00 bits per heavy atom. The number of hydrogen-bond acceptors (Lipinski definition) is 7. The molecule has 0 bridgehead atoms. The SMILES string of the molecule is COC(=O)c1ccoc1COC(=O)c1ccccc1NS(=O)(=O)c1ccc(Cl)cc1. The number of nitrogens with one attached hydrogen (secondary N) is 1. The number of para-hydroxylation sites is 1. The standard InChI is InChI=1S/C20H16ClNO7S/c1-27-19(23)16-10-11-28-18(16)12-29-20(24)15-4-2-3-5-17(15)22-30(25,26)14-8-6-13(21)7-9-14/h2-11,22H,12H2,1H3. The molecule has 8 nitrogen and oxygen atoms in total. The molecular weight excluding hydrogens is 434 g/mol. The summed E-state index contributed by atoms with van der Waals surface area (Å²) in [6.07, 6.45) is 1.27. The molecule has 0 aliphatic rings. The Bertz CT molecular complexity index is 1170. The molecule has 0 amide bonds. The van der Waals surface area contributed by atoms with E-state index in [0.717, 1.165) is 0 Å². The molecule has 2 aromatic carbocycles. The molecular formula is C20H16ClNO7S. The van der Waals surface area contributed by atoms with Crippen molar-refractivity contribution < 1.29 is 31.9 Å². The number of benzene rings is 2. The lowest BCUT2D eigenvalue weighted by atomic mass is 10.2. The summed E-state index contributed by atoms with van der Waals surface area (Å²) in [7, 11) is -2.75. The van der Waals surface area contributed by atoms with Gasteiger partial charge >= 0.3 is 11.9 Å². The minimum atomic E-state index is -3.96. The van der Waals surface area contributed by atoms with Gasteiger partial charge in [0.2, 0.25) is 0 Å². The van der Waals surface area contributed by atoms with E-state index in [2.05, 4.69) is 9.46 Å². The van der Waals surface area contributed by atoms with Crippen LogP contribution in [-0.2, 0) is 26.1 Å². The lowest BCUT2D eigenvalue weighted by Crippen LogP contribution is -2.16. The summed E-state index contributed by atoms with van der Waals surface area (Å²) in [4.78, 5) is 24.2. The van der Waals surface area contributed by atoms with E-state index in [0.29, 0.717) is 5.02 Å². The van der Waals surface area contributed by atoms with Crippen LogP contribution in [-0.4, -0.2) is 27.5 Å². The molecule has 0 unspecified atom stereocenters. The lowest BCUT2D eigenvalue weighted by molar-refractivity contribution is 0.0433. The van der Waals surface area contributed by atoms with E-state index in [4.69, 9.17) is 20.8 Å². The van der Waals surface area contributed by atoms with Crippen molar-refractivity contribution in [3.05, 3.63) is 82.8 Å². The molecule has 0 radical (unpaired) electrons. The number of sulfonamides is 1. The van der Waals surface area contributed by atoms with Gasteiger partial charge in [0.25, 0.3) is 10.0 Å². The van der Waals surface area contributed by atoms with Crippen LogP contribution in [0.15, 0.2) is 70.2 Å². The van der Waals surface area contributed by atoms with Crippen LogP contribution in [0.1, 0.15) is 26.5 Å². The summed E-state index contributed by atoms with van der Waals surface area (Å²) >= 11 is 5.79. The number of carbonyl (C=O) groups excluding carboxylic acids is 2. The third kappa shape index (κ3) is 4.81. The number of esters is 2. The fourth-order valence-corrected chi connectivity index (χ4v) is 3.73. The summed E-state index contributed by atoms with van der Waals surface area (Å²) in [6, 6.07) is 12.9. The Morgan fingerprint density at radius 3 is 2.40 bits per heavy atom. The van der Waals surface area contributed by atoms with Crippen molar-refractivity contribution in [2.75, 3.05) is 11.8 Å². The highest BCUT2D eigenvalue weighted by Crippen LogP contribution is 2.23. The first-order valence-corrected chi connectivity index (χ1v) is 10.4. The van der Waals surface area contributed by atoms with Crippen LogP contribution in [0.25, 0.3) is 0 Å². The van der Waals surface area contributed by atoms with Gasteiger partial charge in [-0.2, -0.15) is 0 Å². The average Bonchev–Trinajstić information content (AvgIpc) is 3.20. The zero-order chi connectivity index (χ0) is 21.7. The average molecular weight is 450 g/mol. The summed E-state index contributed by atoms with van der Waals surface area (Å²) in [5.41, 5.74) is 0.147. The van der Waals surface area contributed by atoms with E-state index in [1.807, 2.05) is 0 Å². The number of hydrogen-bond donors (Lipinski definition) is 1. The molecule has 3 rings (SSSR count). The zero-order valence-electron chi connectivity index (χ0n) is 15.6. The van der Waals surface area contributed by atoms with E-state index in [9.17, 15) is 18.0 Å². The molecule has 0 aliphatic heterocycles. The third-order valence-electron chi connectivity index (χ3n) is 4.00. The second-order valence-electron chi connectivity index (χ2n) is 5.93. The van der Waals surface area contributed by atoms with Crippen LogP contribution in [0, 0.1) is 0 Å². The van der Waals surface area contributed by atoms with Crippen molar-refractivity contribution in [1.29, 1.82) is 0 Å². The first kappa shape index (κ1) is 21.4. The fraction of sp³-hybridized carbons (Fsp3) is 0.100. The van der Waals surface area contributed by atoms with Crippen molar-refractivity contribution in [2.45, 2.75) is 11.5 Å². The van der Waals surface area contributed by atoms with E-state index in [1.54, 1.807) is 12.1 Å². The van der Waals surface area contributed by atoms with Crippen LogP contribution in [0.3, 0.4) is 0 Å². The molecule has 1 N–H and O–H groups in total. The van der Waals surface area contributed by atoms with Crippen molar-refractivity contribution in [1.82, 2.24) is 0 Å². The van der Waals surface area contributed by atoms with Crippen LogP contribution < -0.4 is 4.72 Å². The predicted octanol–water partition coefficient (Wildman–Crippen LogP) is 3.88. The molecule has 0 atom stereocenters. The molecule has 1 heterocycles. The Balaban J connectivity index is 1.78. The lowest BCUT2D eigenvalue weighted by Gasteiger charge is -2.12. The van der Waals surface area contributed by atoms with Crippen LogP contribution in [0.5, 0.6) is 0 Å². The van der Waals surface area contributed by atoms with Crippen LogP contribution in [0.2, 0.25) is 5.02 Å². The van der Waals surface area contributed by atoms with E-state index < -0.39 is 22.0 Å². The molecule has 3 aromatic rings. The fourth-order valence-electron chi connectivity index (χ4n) is 2.52. The number of carbonyl (C=O) groups is 2. The van der Waals surface area contributed by atoms with Crippen molar-refractivity contribution in [3.63, 3.8) is 0 Å². The van der Waals surface area contributed by atoms with E-state index in [-0.39, 0.29) is 34.1 Å². The van der Waals surface area contributed by atoms with Crippen LogP contribution >= 0.6 is 11.6 Å². The quantitative estimate of drug-likeness (QED) is 0.544. The Hall–Kier alpha value is -3.30. The molecule has 0 spiro atoms. The van der Waals surface area contributed by atoms with E-state index >= 15 is 0 Å². The monoisotopic (exact) mass is 449 g/mol. The van der Waals surface area contributed by atoms with Gasteiger partial charge in [-0.3, -0.25) is 4.72 Å².